The summed E-state index contributed by atoms with van der Waals surface area (Å²) in [5.41, 5.74) is 2.23. The fraction of sp³-hybridized carbons (Fsp3) is 0.286. The van der Waals surface area contributed by atoms with Gasteiger partial charge in [0.1, 0.15) is 0 Å². The molecule has 1 aliphatic rings. The van der Waals surface area contributed by atoms with Crippen molar-refractivity contribution in [2.75, 3.05) is 11.9 Å². The van der Waals surface area contributed by atoms with Crippen molar-refractivity contribution in [3.05, 3.63) is 21.4 Å². The van der Waals surface area contributed by atoms with Crippen LogP contribution in [0.3, 0.4) is 0 Å². The molecule has 0 aliphatic carbocycles. The number of halogens is 2. The first kappa shape index (κ1) is 7.37. The molecule has 2 nitrogen and oxygen atoms in total. The lowest BCUT2D eigenvalue weighted by molar-refractivity contribution is 1.10. The third-order valence-corrected chi connectivity index (χ3v) is 2.73. The molecule has 0 aromatic carbocycles. The third kappa shape index (κ3) is 1.12. The zero-order chi connectivity index (χ0) is 7.84. The Labute approximate surface area is 78.1 Å². The molecule has 0 fully saturated rings. The fourth-order valence-electron chi connectivity index (χ4n) is 1.24. The molecule has 1 N–H and O–H groups in total. The van der Waals surface area contributed by atoms with Crippen molar-refractivity contribution < 1.29 is 0 Å². The van der Waals surface area contributed by atoms with Gasteiger partial charge in [0.25, 0.3) is 0 Å². The normalized spacial score (nSPS) is 14.4. The maximum atomic E-state index is 5.85. The molecule has 2 rings (SSSR count). The van der Waals surface area contributed by atoms with Crippen molar-refractivity contribution in [1.82, 2.24) is 4.98 Å². The van der Waals surface area contributed by atoms with Crippen LogP contribution in [0.1, 0.15) is 5.56 Å². The molecule has 0 bridgehead atoms. The molecule has 0 saturated heterocycles. The van der Waals surface area contributed by atoms with Gasteiger partial charge in [0.2, 0.25) is 0 Å². The summed E-state index contributed by atoms with van der Waals surface area (Å²) >= 11 is 9.27. The summed E-state index contributed by atoms with van der Waals surface area (Å²) in [6.07, 6.45) is 2.77. The summed E-state index contributed by atoms with van der Waals surface area (Å²) in [6, 6.07) is 0. The number of hydrogen-bond donors (Lipinski definition) is 1. The lowest BCUT2D eigenvalue weighted by atomic mass is 10.2. The molecule has 2 heterocycles. The smallest absolute Gasteiger partial charge is 0.152 e. The topological polar surface area (TPSA) is 24.9 Å². The van der Waals surface area contributed by atoms with Crippen LogP contribution in [-0.4, -0.2) is 11.5 Å². The van der Waals surface area contributed by atoms with E-state index in [4.69, 9.17) is 11.6 Å². The summed E-state index contributed by atoms with van der Waals surface area (Å²) < 4.78 is 1.04. The van der Waals surface area contributed by atoms with Gasteiger partial charge in [0.05, 0.1) is 5.69 Å². The minimum absolute atomic E-state index is 0.570. The molecular formula is C7H6BrClN2. The second-order valence-electron chi connectivity index (χ2n) is 2.43. The molecule has 4 heteroatoms. The Bertz CT molecular complexity index is 272. The highest BCUT2D eigenvalue weighted by Gasteiger charge is 2.16. The van der Waals surface area contributed by atoms with E-state index < -0.39 is 0 Å². The molecule has 0 amide bonds. The molecule has 0 spiro atoms. The summed E-state index contributed by atoms with van der Waals surface area (Å²) in [6.45, 7) is 0.958. The van der Waals surface area contributed by atoms with E-state index in [9.17, 15) is 0 Å². The number of nitrogens with one attached hydrogen (secondary N) is 1. The van der Waals surface area contributed by atoms with Crippen molar-refractivity contribution >= 4 is 33.2 Å². The monoisotopic (exact) mass is 232 g/mol. The lowest BCUT2D eigenvalue weighted by Crippen LogP contribution is -1.92. The van der Waals surface area contributed by atoms with E-state index >= 15 is 0 Å². The Hall–Kier alpha value is -0.280. The van der Waals surface area contributed by atoms with Crippen molar-refractivity contribution in [3.63, 3.8) is 0 Å². The molecule has 0 atom stereocenters. The van der Waals surface area contributed by atoms with E-state index in [0.29, 0.717) is 5.15 Å². The Morgan fingerprint density at radius 2 is 2.45 bits per heavy atom. The van der Waals surface area contributed by atoms with Gasteiger partial charge in [-0.2, -0.15) is 0 Å². The second-order valence-corrected chi connectivity index (χ2v) is 3.64. The highest BCUT2D eigenvalue weighted by Crippen LogP contribution is 2.33. The highest BCUT2D eigenvalue weighted by atomic mass is 79.9. The predicted octanol–water partition coefficient (Wildman–Crippen LogP) is 2.47. The molecule has 0 saturated carbocycles. The summed E-state index contributed by atoms with van der Waals surface area (Å²) in [4.78, 5) is 4.01. The first-order valence-corrected chi connectivity index (χ1v) is 4.53. The summed E-state index contributed by atoms with van der Waals surface area (Å²) in [5, 5.41) is 3.75. The molecule has 1 aliphatic heterocycles. The third-order valence-electron chi connectivity index (χ3n) is 1.76. The number of aromatic nitrogens is 1. The van der Waals surface area contributed by atoms with E-state index in [1.807, 2.05) is 0 Å². The van der Waals surface area contributed by atoms with Crippen LogP contribution in [0.25, 0.3) is 0 Å². The van der Waals surface area contributed by atoms with Crippen molar-refractivity contribution in [3.8, 4) is 0 Å². The maximum absolute atomic E-state index is 5.85. The molecule has 1 aromatic rings. The largest absolute Gasteiger partial charge is 0.382 e. The Balaban J connectivity index is 2.64. The summed E-state index contributed by atoms with van der Waals surface area (Å²) in [7, 11) is 0. The van der Waals surface area contributed by atoms with Gasteiger partial charge in [0, 0.05) is 17.2 Å². The highest BCUT2D eigenvalue weighted by molar-refractivity contribution is 9.10. The standard InChI is InChI=1S/C7H6BrClN2/c8-5-3-11-7(9)6-4(5)1-2-10-6/h3,10H,1-2H2. The Kier molecular flexibility index (Phi) is 1.77. The van der Waals surface area contributed by atoms with Crippen molar-refractivity contribution in [1.29, 1.82) is 0 Å². The average molecular weight is 233 g/mol. The molecule has 0 unspecified atom stereocenters. The van der Waals surface area contributed by atoms with Gasteiger partial charge < -0.3 is 5.32 Å². The van der Waals surface area contributed by atoms with Crippen molar-refractivity contribution in [2.24, 2.45) is 0 Å². The number of nitrogens with zero attached hydrogens (tertiary/aromatic N) is 1. The second kappa shape index (κ2) is 2.64. The minimum Gasteiger partial charge on any atom is -0.382 e. The van der Waals surface area contributed by atoms with Crippen LogP contribution >= 0.6 is 27.5 Å². The molecule has 0 radical (unpaired) electrons. The Morgan fingerprint density at radius 3 is 3.18 bits per heavy atom. The predicted molar refractivity (Wildman–Crippen MR) is 49.1 cm³/mol. The first-order valence-electron chi connectivity index (χ1n) is 3.36. The van der Waals surface area contributed by atoms with Gasteiger partial charge in [-0.25, -0.2) is 4.98 Å². The molecule has 1 aromatic heterocycles. The van der Waals surface area contributed by atoms with Gasteiger partial charge in [-0.15, -0.1) is 0 Å². The van der Waals surface area contributed by atoms with E-state index in [1.165, 1.54) is 5.56 Å². The van der Waals surface area contributed by atoms with Gasteiger partial charge in [-0.1, -0.05) is 11.6 Å². The maximum Gasteiger partial charge on any atom is 0.152 e. The van der Waals surface area contributed by atoms with Crippen LogP contribution in [0.5, 0.6) is 0 Å². The number of pyridine rings is 1. The van der Waals surface area contributed by atoms with Crippen LogP contribution in [0.4, 0.5) is 5.69 Å². The summed E-state index contributed by atoms with van der Waals surface area (Å²) in [5.74, 6) is 0. The van der Waals surface area contributed by atoms with E-state index in [-0.39, 0.29) is 0 Å². The van der Waals surface area contributed by atoms with Crippen LogP contribution < -0.4 is 5.32 Å². The lowest BCUT2D eigenvalue weighted by Gasteiger charge is -2.02. The SMILES string of the molecule is Clc1ncc(Br)c2c1NCC2. The fourth-order valence-corrected chi connectivity index (χ4v) is 1.96. The number of fused-ring (bicyclic) bond motifs is 1. The van der Waals surface area contributed by atoms with E-state index in [0.717, 1.165) is 23.1 Å². The Morgan fingerprint density at radius 1 is 1.64 bits per heavy atom. The van der Waals surface area contributed by atoms with Crippen LogP contribution in [0, 0.1) is 0 Å². The van der Waals surface area contributed by atoms with Crippen LogP contribution in [-0.2, 0) is 6.42 Å². The average Bonchev–Trinajstić information content (AvgIpc) is 2.45. The van der Waals surface area contributed by atoms with E-state index in [1.54, 1.807) is 6.20 Å². The van der Waals surface area contributed by atoms with Gasteiger partial charge in [-0.05, 0) is 27.9 Å². The molecular weight excluding hydrogens is 227 g/mol. The van der Waals surface area contributed by atoms with Crippen LogP contribution in [0.2, 0.25) is 5.15 Å². The van der Waals surface area contributed by atoms with Gasteiger partial charge in [0.15, 0.2) is 5.15 Å². The van der Waals surface area contributed by atoms with Crippen molar-refractivity contribution in [2.45, 2.75) is 6.42 Å². The van der Waals surface area contributed by atoms with Gasteiger partial charge >= 0.3 is 0 Å². The van der Waals surface area contributed by atoms with Gasteiger partial charge in [-0.3, -0.25) is 0 Å². The first-order chi connectivity index (χ1) is 5.29. The molecule has 58 valence electrons. The zero-order valence-corrected chi connectivity index (χ0v) is 8.04. The van der Waals surface area contributed by atoms with E-state index in [2.05, 4.69) is 26.2 Å². The number of hydrogen-bond acceptors (Lipinski definition) is 2. The number of anilines is 1. The quantitative estimate of drug-likeness (QED) is 0.696. The number of rotatable bonds is 0. The molecule has 11 heavy (non-hydrogen) atoms. The zero-order valence-electron chi connectivity index (χ0n) is 5.69. The van der Waals surface area contributed by atoms with Crippen LogP contribution in [0.15, 0.2) is 10.7 Å². The minimum atomic E-state index is 0.570.